The van der Waals surface area contributed by atoms with Crippen molar-refractivity contribution in [1.29, 1.82) is 0 Å². The van der Waals surface area contributed by atoms with Gasteiger partial charge in [-0.3, -0.25) is 19.0 Å². The highest BCUT2D eigenvalue weighted by Crippen LogP contribution is 2.16. The van der Waals surface area contributed by atoms with Gasteiger partial charge in [-0.25, -0.2) is 9.36 Å². The largest absolute Gasteiger partial charge is 0.494 e. The Balaban J connectivity index is 2.40. The van der Waals surface area contributed by atoms with E-state index in [4.69, 9.17) is 9.47 Å². The zero-order chi connectivity index (χ0) is 38.9. The highest BCUT2D eigenvalue weighted by Gasteiger charge is 2.23. The molecule has 0 saturated carbocycles. The van der Waals surface area contributed by atoms with E-state index in [1.807, 2.05) is 0 Å². The lowest BCUT2D eigenvalue weighted by molar-refractivity contribution is -0.145. The van der Waals surface area contributed by atoms with Crippen LogP contribution in [0.5, 0.6) is 5.88 Å². The molecule has 0 aromatic carbocycles. The third-order valence-electron chi connectivity index (χ3n) is 10.1. The molecule has 0 fully saturated rings. The molecule has 0 spiro atoms. The van der Waals surface area contributed by atoms with E-state index in [9.17, 15) is 24.3 Å². The van der Waals surface area contributed by atoms with Crippen LogP contribution >= 0.6 is 0 Å². The number of ether oxygens (including phenoxy) is 2. The van der Waals surface area contributed by atoms with Crippen LogP contribution in [0.4, 0.5) is 0 Å². The summed E-state index contributed by atoms with van der Waals surface area (Å²) in [6.45, 7) is 3.81. The fraction of sp³-hybridized carbons (Fsp3) is 0.860. The van der Waals surface area contributed by atoms with E-state index < -0.39 is 42.2 Å². The van der Waals surface area contributed by atoms with Crippen molar-refractivity contribution in [2.24, 2.45) is 0 Å². The summed E-state index contributed by atoms with van der Waals surface area (Å²) < 4.78 is 12.3. The molecule has 1 rings (SSSR count). The zero-order valence-corrected chi connectivity index (χ0v) is 34.6. The molecule has 1 aromatic heterocycles. The van der Waals surface area contributed by atoms with Gasteiger partial charge in [0.05, 0.1) is 18.8 Å². The van der Waals surface area contributed by atoms with E-state index in [1.54, 1.807) is 19.0 Å². The Labute approximate surface area is 322 Å². The Morgan fingerprint density at radius 3 is 1.13 bits per heavy atom. The summed E-state index contributed by atoms with van der Waals surface area (Å²) in [6.07, 6.45) is 34.4. The van der Waals surface area contributed by atoms with Crippen LogP contribution in [0.3, 0.4) is 0 Å². The Kier molecular flexibility index (Phi) is 29.9. The van der Waals surface area contributed by atoms with Gasteiger partial charge in [-0.05, 0) is 26.9 Å². The number of rotatable bonds is 36. The number of aromatic hydroxyl groups is 1. The maximum atomic E-state index is 13.3. The number of carbonyl (C=O) groups excluding carboxylic acids is 2. The molecular formula is C43H79N3O7. The molecule has 0 atom stereocenters. The van der Waals surface area contributed by atoms with Gasteiger partial charge in [0, 0.05) is 6.54 Å². The van der Waals surface area contributed by atoms with Gasteiger partial charge in [0.2, 0.25) is 5.88 Å². The van der Waals surface area contributed by atoms with Gasteiger partial charge in [-0.1, -0.05) is 181 Å². The summed E-state index contributed by atoms with van der Waals surface area (Å²) in [4.78, 5) is 53.5. The Morgan fingerprint density at radius 1 is 0.509 bits per heavy atom. The second kappa shape index (κ2) is 32.8. The van der Waals surface area contributed by atoms with E-state index in [-0.39, 0.29) is 25.3 Å². The first kappa shape index (κ1) is 48.4. The van der Waals surface area contributed by atoms with Gasteiger partial charge in [-0.2, -0.15) is 0 Å². The number of carbonyl (C=O) groups is 2. The lowest BCUT2D eigenvalue weighted by Crippen LogP contribution is -2.45. The molecule has 0 aliphatic carbocycles. The predicted octanol–water partition coefficient (Wildman–Crippen LogP) is 9.83. The molecule has 1 aromatic rings. The van der Waals surface area contributed by atoms with Crippen LogP contribution in [-0.4, -0.2) is 58.4 Å². The maximum absolute atomic E-state index is 13.3. The normalized spacial score (nSPS) is 11.4. The molecule has 0 aliphatic rings. The molecule has 1 N–H and O–H groups in total. The summed E-state index contributed by atoms with van der Waals surface area (Å²) in [6, 6.07) is 0. The fourth-order valence-corrected chi connectivity index (χ4v) is 6.80. The van der Waals surface area contributed by atoms with E-state index in [2.05, 4.69) is 13.8 Å². The third-order valence-corrected chi connectivity index (χ3v) is 10.1. The van der Waals surface area contributed by atoms with Crippen LogP contribution in [0.25, 0.3) is 0 Å². The molecule has 0 radical (unpaired) electrons. The molecule has 10 nitrogen and oxygen atoms in total. The van der Waals surface area contributed by atoms with Gasteiger partial charge < -0.3 is 19.5 Å². The van der Waals surface area contributed by atoms with Crippen LogP contribution in [0, 0.1) is 0 Å². The minimum absolute atomic E-state index is 0.0210. The lowest BCUT2D eigenvalue weighted by atomic mass is 10.0. The fourth-order valence-electron chi connectivity index (χ4n) is 6.80. The van der Waals surface area contributed by atoms with Gasteiger partial charge >= 0.3 is 17.6 Å². The molecule has 0 amide bonds. The number of hydrogen-bond donors (Lipinski definition) is 1. The molecule has 0 bridgehead atoms. The first-order valence-corrected chi connectivity index (χ1v) is 21.7. The first-order valence-electron chi connectivity index (χ1n) is 21.7. The molecule has 0 unspecified atom stereocenters. The highest BCUT2D eigenvalue weighted by molar-refractivity contribution is 5.70. The maximum Gasteiger partial charge on any atom is 0.334 e. The smallest absolute Gasteiger partial charge is 0.334 e. The average molecular weight is 750 g/mol. The molecule has 308 valence electrons. The SMILES string of the molecule is CCCCCCCCCCCCCCCCOC(=O)Cn1c(O)c(CN(C)C)c(=O)n(CC(=O)OCCCCCCCCCCCCCCCC)c1=O. The van der Waals surface area contributed by atoms with Crippen LogP contribution in [-0.2, 0) is 38.7 Å². The molecule has 53 heavy (non-hydrogen) atoms. The van der Waals surface area contributed by atoms with Crippen molar-refractivity contribution in [2.75, 3.05) is 27.3 Å². The first-order chi connectivity index (χ1) is 25.7. The van der Waals surface area contributed by atoms with Crippen LogP contribution < -0.4 is 11.2 Å². The summed E-state index contributed by atoms with van der Waals surface area (Å²) in [5.74, 6) is -1.97. The number of unbranched alkanes of at least 4 members (excludes halogenated alkanes) is 26. The van der Waals surface area contributed by atoms with Gasteiger partial charge in [0.1, 0.15) is 13.1 Å². The predicted molar refractivity (Wildman–Crippen MR) is 217 cm³/mol. The minimum atomic E-state index is -0.947. The second-order valence-electron chi connectivity index (χ2n) is 15.4. The average Bonchev–Trinajstić information content (AvgIpc) is 3.13. The minimum Gasteiger partial charge on any atom is -0.494 e. The molecule has 0 aliphatic heterocycles. The van der Waals surface area contributed by atoms with Gasteiger partial charge in [-0.15, -0.1) is 0 Å². The van der Waals surface area contributed by atoms with Gasteiger partial charge in [0.25, 0.3) is 5.56 Å². The van der Waals surface area contributed by atoms with Crippen molar-refractivity contribution >= 4 is 11.9 Å². The summed E-state index contributed by atoms with van der Waals surface area (Å²) >= 11 is 0. The molecular weight excluding hydrogens is 670 g/mol. The van der Waals surface area contributed by atoms with Crippen LogP contribution in [0.2, 0.25) is 0 Å². The molecule has 0 saturated heterocycles. The third kappa shape index (κ3) is 24.4. The Morgan fingerprint density at radius 2 is 0.811 bits per heavy atom. The highest BCUT2D eigenvalue weighted by atomic mass is 16.5. The van der Waals surface area contributed by atoms with E-state index in [1.165, 1.54) is 141 Å². The number of hydrogen-bond acceptors (Lipinski definition) is 8. The number of aromatic nitrogens is 2. The molecule has 1 heterocycles. The van der Waals surface area contributed by atoms with Gasteiger partial charge in [0.15, 0.2) is 0 Å². The lowest BCUT2D eigenvalue weighted by Gasteiger charge is -2.17. The summed E-state index contributed by atoms with van der Waals surface area (Å²) in [5.41, 5.74) is -1.80. The number of nitrogens with zero attached hydrogens (tertiary/aromatic N) is 3. The summed E-state index contributed by atoms with van der Waals surface area (Å²) in [5, 5.41) is 10.9. The van der Waals surface area contributed by atoms with Crippen molar-refractivity contribution in [3.63, 3.8) is 0 Å². The van der Waals surface area contributed by atoms with Crippen LogP contribution in [0.15, 0.2) is 9.59 Å². The van der Waals surface area contributed by atoms with Crippen molar-refractivity contribution in [3.05, 3.63) is 26.4 Å². The second-order valence-corrected chi connectivity index (χ2v) is 15.4. The van der Waals surface area contributed by atoms with Crippen molar-refractivity contribution in [2.45, 2.75) is 213 Å². The monoisotopic (exact) mass is 750 g/mol. The number of esters is 2. The Bertz CT molecular complexity index is 1190. The Hall–Kier alpha value is -2.62. The quantitative estimate of drug-likeness (QED) is 0.0532. The van der Waals surface area contributed by atoms with E-state index in [0.717, 1.165) is 47.7 Å². The van der Waals surface area contributed by atoms with E-state index in [0.29, 0.717) is 0 Å². The van der Waals surface area contributed by atoms with Crippen LogP contribution in [0.1, 0.15) is 199 Å². The van der Waals surface area contributed by atoms with Crippen molar-refractivity contribution in [1.82, 2.24) is 14.0 Å². The van der Waals surface area contributed by atoms with Crippen molar-refractivity contribution in [3.8, 4) is 5.88 Å². The topological polar surface area (TPSA) is 120 Å². The standard InChI is InChI=1S/C43H79N3O7/c1-5-7-9-11-13-15-17-19-21-23-25-27-29-31-33-52-39(47)36-45-41(49)38(35-44(3)4)42(50)46(43(45)51)37-40(48)53-34-32-30-28-26-24-22-20-18-16-14-12-10-8-6-2/h49H,5-37H2,1-4H3. The van der Waals surface area contributed by atoms with E-state index >= 15 is 0 Å². The molecule has 10 heteroatoms. The zero-order valence-electron chi connectivity index (χ0n) is 34.6. The summed E-state index contributed by atoms with van der Waals surface area (Å²) in [7, 11) is 3.43. The van der Waals surface area contributed by atoms with Crippen molar-refractivity contribution < 1.29 is 24.2 Å².